The van der Waals surface area contributed by atoms with Gasteiger partial charge in [0.15, 0.2) is 5.78 Å². The zero-order valence-corrected chi connectivity index (χ0v) is 6.82. The fourth-order valence-corrected chi connectivity index (χ4v) is 2.07. The van der Waals surface area contributed by atoms with E-state index in [-0.39, 0.29) is 12.4 Å². The first-order chi connectivity index (χ1) is 5.38. The lowest BCUT2D eigenvalue weighted by Gasteiger charge is -1.92. The Hall–Kier alpha value is -0.670. The smallest absolute Gasteiger partial charge is 0.198 e. The fourth-order valence-electron chi connectivity index (χ4n) is 1.19. The Morgan fingerprint density at radius 1 is 1.55 bits per heavy atom. The molecule has 0 aromatic carbocycles. The van der Waals surface area contributed by atoms with Crippen molar-refractivity contribution in [3.05, 3.63) is 21.9 Å². The van der Waals surface area contributed by atoms with Gasteiger partial charge in [-0.1, -0.05) is 0 Å². The lowest BCUT2D eigenvalue weighted by Crippen LogP contribution is -2.04. The number of fused-ring (bicyclic) bond motifs is 1. The molecule has 2 heterocycles. The van der Waals surface area contributed by atoms with Crippen LogP contribution in [0.25, 0.3) is 0 Å². The Labute approximate surface area is 68.8 Å². The lowest BCUT2D eigenvalue weighted by atomic mass is 10.2. The number of rotatable bonds is 0. The van der Waals surface area contributed by atoms with Crippen LogP contribution in [0.3, 0.4) is 0 Å². The molecule has 1 aliphatic rings. The average Bonchev–Trinajstić information content (AvgIpc) is 2.40. The third-order valence-electron chi connectivity index (χ3n) is 1.75. The van der Waals surface area contributed by atoms with E-state index in [1.807, 2.05) is 11.4 Å². The summed E-state index contributed by atoms with van der Waals surface area (Å²) in [5.41, 5.74) is 1.15. The molecule has 0 amide bonds. The standard InChI is InChI=1S/C8H8O2S/c9-7-5-10-3-1-6-2-4-11-8(6)7/h2,4H,1,3,5H2. The van der Waals surface area contributed by atoms with Gasteiger partial charge in [0.2, 0.25) is 0 Å². The maximum Gasteiger partial charge on any atom is 0.198 e. The molecule has 0 radical (unpaired) electrons. The molecule has 0 bridgehead atoms. The molecule has 2 rings (SSSR count). The number of carbonyl (C=O) groups is 1. The van der Waals surface area contributed by atoms with E-state index in [0.717, 1.165) is 16.9 Å². The minimum atomic E-state index is 0.132. The Balaban J connectivity index is 2.41. The van der Waals surface area contributed by atoms with E-state index in [4.69, 9.17) is 4.74 Å². The summed E-state index contributed by atoms with van der Waals surface area (Å²) in [7, 11) is 0. The number of thiophene rings is 1. The fraction of sp³-hybridized carbons (Fsp3) is 0.375. The molecule has 0 aliphatic carbocycles. The third kappa shape index (κ3) is 1.21. The summed E-state index contributed by atoms with van der Waals surface area (Å²) in [6.45, 7) is 0.934. The van der Waals surface area contributed by atoms with Gasteiger partial charge in [-0.15, -0.1) is 11.3 Å². The molecule has 58 valence electrons. The van der Waals surface area contributed by atoms with E-state index >= 15 is 0 Å². The summed E-state index contributed by atoms with van der Waals surface area (Å²) in [6, 6.07) is 2.01. The molecule has 0 fully saturated rings. The van der Waals surface area contributed by atoms with Gasteiger partial charge in [0, 0.05) is 0 Å². The predicted molar refractivity (Wildman–Crippen MR) is 43.2 cm³/mol. The highest BCUT2D eigenvalue weighted by molar-refractivity contribution is 7.12. The third-order valence-corrected chi connectivity index (χ3v) is 2.75. The minimum absolute atomic E-state index is 0.132. The molecule has 2 nitrogen and oxygen atoms in total. The van der Waals surface area contributed by atoms with Crippen LogP contribution in [0.4, 0.5) is 0 Å². The molecule has 1 aromatic heterocycles. The van der Waals surface area contributed by atoms with Crippen molar-refractivity contribution in [2.45, 2.75) is 6.42 Å². The molecular formula is C8H8O2S. The molecule has 3 heteroatoms. The molecule has 0 atom stereocenters. The van der Waals surface area contributed by atoms with E-state index < -0.39 is 0 Å². The monoisotopic (exact) mass is 168 g/mol. The van der Waals surface area contributed by atoms with Crippen LogP contribution in [0.2, 0.25) is 0 Å². The van der Waals surface area contributed by atoms with Gasteiger partial charge in [-0.05, 0) is 23.4 Å². The highest BCUT2D eigenvalue weighted by atomic mass is 32.1. The van der Waals surface area contributed by atoms with Gasteiger partial charge in [0.1, 0.15) is 6.61 Å². The maximum absolute atomic E-state index is 11.3. The van der Waals surface area contributed by atoms with Crippen LogP contribution in [0, 0.1) is 0 Å². The highest BCUT2D eigenvalue weighted by Gasteiger charge is 2.16. The van der Waals surface area contributed by atoms with Crippen LogP contribution in [-0.2, 0) is 11.2 Å². The Morgan fingerprint density at radius 3 is 3.36 bits per heavy atom. The minimum Gasteiger partial charge on any atom is -0.373 e. The second kappa shape index (κ2) is 2.75. The van der Waals surface area contributed by atoms with Crippen molar-refractivity contribution in [3.63, 3.8) is 0 Å². The number of carbonyl (C=O) groups excluding carboxylic acids is 1. The molecule has 1 aromatic rings. The van der Waals surface area contributed by atoms with Crippen LogP contribution in [0.5, 0.6) is 0 Å². The van der Waals surface area contributed by atoms with Crippen molar-refractivity contribution in [2.75, 3.05) is 13.2 Å². The van der Waals surface area contributed by atoms with Gasteiger partial charge in [-0.25, -0.2) is 0 Å². The second-order valence-electron chi connectivity index (χ2n) is 2.50. The Bertz CT molecular complexity index is 277. The number of hydrogen-bond donors (Lipinski definition) is 0. The van der Waals surface area contributed by atoms with Crippen molar-refractivity contribution < 1.29 is 9.53 Å². The Kier molecular flexibility index (Phi) is 1.75. The predicted octanol–water partition coefficient (Wildman–Crippen LogP) is 1.50. The molecule has 0 unspecified atom stereocenters. The van der Waals surface area contributed by atoms with Gasteiger partial charge in [-0.3, -0.25) is 4.79 Å². The van der Waals surface area contributed by atoms with Crippen molar-refractivity contribution in [2.24, 2.45) is 0 Å². The first-order valence-corrected chi connectivity index (χ1v) is 4.43. The van der Waals surface area contributed by atoms with E-state index in [9.17, 15) is 4.79 Å². The largest absolute Gasteiger partial charge is 0.373 e. The van der Waals surface area contributed by atoms with E-state index in [1.54, 1.807) is 0 Å². The van der Waals surface area contributed by atoms with Crippen molar-refractivity contribution in [1.82, 2.24) is 0 Å². The summed E-state index contributed by atoms with van der Waals surface area (Å²) >= 11 is 1.52. The topological polar surface area (TPSA) is 26.3 Å². The molecule has 0 spiro atoms. The molecule has 11 heavy (non-hydrogen) atoms. The molecule has 0 saturated heterocycles. The van der Waals surface area contributed by atoms with Crippen LogP contribution in [0.15, 0.2) is 11.4 Å². The number of Topliss-reactive ketones (excluding diaryl/α,β-unsaturated/α-hetero) is 1. The molecule has 0 N–H and O–H groups in total. The van der Waals surface area contributed by atoms with Crippen LogP contribution in [-0.4, -0.2) is 19.0 Å². The zero-order valence-electron chi connectivity index (χ0n) is 6.00. The maximum atomic E-state index is 11.3. The van der Waals surface area contributed by atoms with Crippen LogP contribution in [0.1, 0.15) is 15.2 Å². The Morgan fingerprint density at radius 2 is 2.45 bits per heavy atom. The van der Waals surface area contributed by atoms with Crippen LogP contribution >= 0.6 is 11.3 Å². The number of ether oxygens (including phenoxy) is 1. The normalized spacial score (nSPS) is 17.6. The van der Waals surface area contributed by atoms with Crippen molar-refractivity contribution in [1.29, 1.82) is 0 Å². The summed E-state index contributed by atoms with van der Waals surface area (Å²) in [6.07, 6.45) is 0.880. The first-order valence-electron chi connectivity index (χ1n) is 3.55. The quantitative estimate of drug-likeness (QED) is 0.587. The summed E-state index contributed by atoms with van der Waals surface area (Å²) in [5, 5.41) is 1.97. The zero-order chi connectivity index (χ0) is 7.68. The highest BCUT2D eigenvalue weighted by Crippen LogP contribution is 2.20. The molecule has 0 saturated carbocycles. The van der Waals surface area contributed by atoms with Gasteiger partial charge < -0.3 is 4.74 Å². The summed E-state index contributed by atoms with van der Waals surface area (Å²) < 4.78 is 5.10. The molecule has 1 aliphatic heterocycles. The van der Waals surface area contributed by atoms with Gasteiger partial charge >= 0.3 is 0 Å². The number of hydrogen-bond acceptors (Lipinski definition) is 3. The number of ketones is 1. The average molecular weight is 168 g/mol. The van der Waals surface area contributed by atoms with Crippen molar-refractivity contribution in [3.8, 4) is 0 Å². The first kappa shape index (κ1) is 7.00. The van der Waals surface area contributed by atoms with Gasteiger partial charge in [0.25, 0.3) is 0 Å². The second-order valence-corrected chi connectivity index (χ2v) is 3.42. The lowest BCUT2D eigenvalue weighted by molar-refractivity contribution is 0.0791. The van der Waals surface area contributed by atoms with E-state index in [1.165, 1.54) is 11.3 Å². The summed E-state index contributed by atoms with van der Waals surface area (Å²) in [4.78, 5) is 12.1. The molecular weight excluding hydrogens is 160 g/mol. The SMILES string of the molecule is O=C1COCCc2ccsc21. The van der Waals surface area contributed by atoms with Crippen molar-refractivity contribution >= 4 is 17.1 Å². The van der Waals surface area contributed by atoms with Gasteiger partial charge in [-0.2, -0.15) is 0 Å². The van der Waals surface area contributed by atoms with E-state index in [0.29, 0.717) is 6.61 Å². The van der Waals surface area contributed by atoms with Crippen LogP contribution < -0.4 is 0 Å². The van der Waals surface area contributed by atoms with Gasteiger partial charge in [0.05, 0.1) is 11.5 Å². The summed E-state index contributed by atoms with van der Waals surface area (Å²) in [5.74, 6) is 0.132. The van der Waals surface area contributed by atoms with E-state index in [2.05, 4.69) is 0 Å².